The Balaban J connectivity index is 2.06. The Hall–Kier alpha value is -3.17. The minimum absolute atomic E-state index is 0.0578. The van der Waals surface area contributed by atoms with Crippen molar-refractivity contribution < 1.29 is 18.0 Å². The molecule has 0 unspecified atom stereocenters. The molecule has 0 aliphatic rings. The van der Waals surface area contributed by atoms with Gasteiger partial charge in [-0.05, 0) is 69.5 Å². The first kappa shape index (κ1) is 31.4. The average Bonchev–Trinajstić information content (AvgIpc) is 2.91. The number of anilines is 1. The van der Waals surface area contributed by atoms with Crippen molar-refractivity contribution in [3.8, 4) is 0 Å². The Morgan fingerprint density at radius 2 is 1.57 bits per heavy atom. The van der Waals surface area contributed by atoms with Crippen molar-refractivity contribution in [1.82, 2.24) is 10.2 Å². The molecule has 0 radical (unpaired) electrons. The van der Waals surface area contributed by atoms with Gasteiger partial charge in [0.05, 0.1) is 10.6 Å². The molecule has 2 amide bonds. The highest BCUT2D eigenvalue weighted by Crippen LogP contribution is 2.27. The molecule has 2 atom stereocenters. The molecule has 0 aliphatic carbocycles. The van der Waals surface area contributed by atoms with Crippen molar-refractivity contribution in [2.45, 2.75) is 71.0 Å². The molecule has 0 fully saturated rings. The molecule has 0 heterocycles. The molecule has 0 saturated heterocycles. The maximum Gasteiger partial charge on any atom is 0.264 e. The first-order valence-electron chi connectivity index (χ1n) is 13.5. The van der Waals surface area contributed by atoms with Crippen molar-refractivity contribution >= 4 is 43.5 Å². The first-order chi connectivity index (χ1) is 19.0. The Labute approximate surface area is 246 Å². The van der Waals surface area contributed by atoms with Gasteiger partial charge in [-0.3, -0.25) is 13.9 Å². The second-order valence-electron chi connectivity index (χ2n) is 10.1. The summed E-state index contributed by atoms with van der Waals surface area (Å²) in [5, 5.41) is 3.00. The Bertz CT molecular complexity index is 1430. The lowest BCUT2D eigenvalue weighted by Crippen LogP contribution is -2.53. The van der Waals surface area contributed by atoms with Crippen LogP contribution in [0.2, 0.25) is 0 Å². The second-order valence-corrected chi connectivity index (χ2v) is 12.8. The quantitative estimate of drug-likeness (QED) is 0.267. The zero-order chi connectivity index (χ0) is 29.4. The fourth-order valence-corrected chi connectivity index (χ4v) is 6.16. The molecule has 0 aromatic heterocycles. The van der Waals surface area contributed by atoms with Crippen LogP contribution in [0.3, 0.4) is 0 Å². The summed E-state index contributed by atoms with van der Waals surface area (Å²) in [5.41, 5.74) is 3.15. The highest BCUT2D eigenvalue weighted by Gasteiger charge is 2.34. The van der Waals surface area contributed by atoms with Gasteiger partial charge < -0.3 is 10.2 Å². The van der Waals surface area contributed by atoms with E-state index in [0.29, 0.717) is 16.6 Å². The summed E-state index contributed by atoms with van der Waals surface area (Å²) in [4.78, 5) is 29.1. The Morgan fingerprint density at radius 1 is 0.900 bits per heavy atom. The summed E-state index contributed by atoms with van der Waals surface area (Å²) in [5.74, 6) is -0.725. The number of aryl methyl sites for hydroxylation is 2. The zero-order valence-corrected chi connectivity index (χ0v) is 26.1. The van der Waals surface area contributed by atoms with E-state index in [0.717, 1.165) is 27.4 Å². The van der Waals surface area contributed by atoms with Crippen molar-refractivity contribution in [3.63, 3.8) is 0 Å². The van der Waals surface area contributed by atoms with E-state index in [1.807, 2.05) is 58.9 Å². The van der Waals surface area contributed by atoms with Gasteiger partial charge in [-0.1, -0.05) is 83.4 Å². The molecule has 9 heteroatoms. The number of amides is 2. The standard InChI is InChI=1S/C31H38BrN3O4S/c1-6-24(5)33-31(37)29(7-2)34(20-25-11-8-10-23(4)18-25)30(36)21-35(27-13-9-12-26(32)19-27)40(38,39)28-16-14-22(3)15-17-28/h8-19,24,29H,6-7,20-21H2,1-5H3,(H,33,37)/t24-,29-/m1/s1. The van der Waals surface area contributed by atoms with Crippen LogP contribution in [0.4, 0.5) is 5.69 Å². The maximum atomic E-state index is 14.1. The van der Waals surface area contributed by atoms with Gasteiger partial charge in [0.1, 0.15) is 12.6 Å². The Morgan fingerprint density at radius 3 is 2.17 bits per heavy atom. The van der Waals surface area contributed by atoms with E-state index in [4.69, 9.17) is 0 Å². The van der Waals surface area contributed by atoms with E-state index in [2.05, 4.69) is 21.2 Å². The third kappa shape index (κ3) is 7.95. The van der Waals surface area contributed by atoms with Gasteiger partial charge in [-0.15, -0.1) is 0 Å². The van der Waals surface area contributed by atoms with Crippen molar-refractivity contribution in [3.05, 3.63) is 94.0 Å². The first-order valence-corrected chi connectivity index (χ1v) is 15.7. The maximum absolute atomic E-state index is 14.1. The van der Waals surface area contributed by atoms with Gasteiger partial charge in [-0.2, -0.15) is 0 Å². The minimum Gasteiger partial charge on any atom is -0.352 e. The fourth-order valence-electron chi connectivity index (χ4n) is 4.37. The third-order valence-electron chi connectivity index (χ3n) is 6.81. The van der Waals surface area contributed by atoms with Gasteiger partial charge in [0.25, 0.3) is 10.0 Å². The van der Waals surface area contributed by atoms with E-state index in [1.54, 1.807) is 48.5 Å². The minimum atomic E-state index is -4.11. The second kappa shape index (κ2) is 13.9. The van der Waals surface area contributed by atoms with Gasteiger partial charge >= 0.3 is 0 Å². The summed E-state index contributed by atoms with van der Waals surface area (Å²) in [6.07, 6.45) is 1.13. The molecule has 1 N–H and O–H groups in total. The van der Waals surface area contributed by atoms with Crippen LogP contribution in [-0.4, -0.2) is 43.8 Å². The van der Waals surface area contributed by atoms with Crippen molar-refractivity contribution in [2.75, 3.05) is 10.8 Å². The summed E-state index contributed by atoms with van der Waals surface area (Å²) >= 11 is 3.42. The molecule has 3 aromatic rings. The SMILES string of the molecule is CC[C@@H](C)NC(=O)[C@@H](CC)N(Cc1cccc(C)c1)C(=O)CN(c1cccc(Br)c1)S(=O)(=O)c1ccc(C)cc1. The van der Waals surface area contributed by atoms with Gasteiger partial charge in [-0.25, -0.2) is 8.42 Å². The molecule has 0 saturated carbocycles. The summed E-state index contributed by atoms with van der Waals surface area (Å²) in [6, 6.07) is 20.3. The van der Waals surface area contributed by atoms with Crippen molar-refractivity contribution in [1.29, 1.82) is 0 Å². The molecule has 0 bridgehead atoms. The molecule has 0 aliphatic heterocycles. The zero-order valence-electron chi connectivity index (χ0n) is 23.7. The van der Waals surface area contributed by atoms with Crippen LogP contribution < -0.4 is 9.62 Å². The number of hydrogen-bond donors (Lipinski definition) is 1. The number of sulfonamides is 1. The number of nitrogens with one attached hydrogen (secondary N) is 1. The van der Waals surface area contributed by atoms with E-state index < -0.39 is 28.5 Å². The predicted molar refractivity (Wildman–Crippen MR) is 164 cm³/mol. The predicted octanol–water partition coefficient (Wildman–Crippen LogP) is 5.98. The van der Waals surface area contributed by atoms with Crippen LogP contribution >= 0.6 is 15.9 Å². The largest absolute Gasteiger partial charge is 0.352 e. The lowest BCUT2D eigenvalue weighted by molar-refractivity contribution is -0.140. The average molecular weight is 629 g/mol. The van der Waals surface area contributed by atoms with E-state index in [1.165, 1.54) is 4.90 Å². The third-order valence-corrected chi connectivity index (χ3v) is 9.09. The summed E-state index contributed by atoms with van der Waals surface area (Å²) in [6.45, 7) is 9.30. The van der Waals surface area contributed by atoms with E-state index >= 15 is 0 Å². The van der Waals surface area contributed by atoms with Crippen LogP contribution in [0, 0.1) is 13.8 Å². The lowest BCUT2D eigenvalue weighted by Gasteiger charge is -2.33. The highest BCUT2D eigenvalue weighted by molar-refractivity contribution is 9.10. The monoisotopic (exact) mass is 627 g/mol. The number of benzene rings is 3. The van der Waals surface area contributed by atoms with Crippen LogP contribution in [-0.2, 0) is 26.2 Å². The van der Waals surface area contributed by atoms with Crippen LogP contribution in [0.25, 0.3) is 0 Å². The molecule has 3 aromatic carbocycles. The Kier molecular flexibility index (Phi) is 10.9. The number of halogens is 1. The molecular formula is C31H38BrN3O4S. The number of rotatable bonds is 12. The molecular weight excluding hydrogens is 590 g/mol. The number of hydrogen-bond acceptors (Lipinski definition) is 4. The smallest absolute Gasteiger partial charge is 0.264 e. The van der Waals surface area contributed by atoms with Crippen LogP contribution in [0.1, 0.15) is 50.3 Å². The molecule has 3 rings (SSSR count). The number of carbonyl (C=O) groups excluding carboxylic acids is 2. The fraction of sp³-hybridized carbons (Fsp3) is 0.355. The van der Waals surface area contributed by atoms with E-state index in [-0.39, 0.29) is 23.4 Å². The van der Waals surface area contributed by atoms with Crippen molar-refractivity contribution in [2.24, 2.45) is 0 Å². The molecule has 40 heavy (non-hydrogen) atoms. The number of nitrogens with zero attached hydrogens (tertiary/aromatic N) is 2. The number of carbonyl (C=O) groups is 2. The lowest BCUT2D eigenvalue weighted by atomic mass is 10.1. The van der Waals surface area contributed by atoms with Crippen LogP contribution in [0.15, 0.2) is 82.2 Å². The topological polar surface area (TPSA) is 86.8 Å². The molecule has 0 spiro atoms. The molecule has 214 valence electrons. The van der Waals surface area contributed by atoms with Gasteiger partial charge in [0, 0.05) is 17.1 Å². The molecule has 7 nitrogen and oxygen atoms in total. The van der Waals surface area contributed by atoms with E-state index in [9.17, 15) is 18.0 Å². The van der Waals surface area contributed by atoms with Crippen LogP contribution in [0.5, 0.6) is 0 Å². The van der Waals surface area contributed by atoms with Gasteiger partial charge in [0.2, 0.25) is 11.8 Å². The summed E-state index contributed by atoms with van der Waals surface area (Å²) < 4.78 is 29.7. The highest BCUT2D eigenvalue weighted by atomic mass is 79.9. The normalized spacial score (nSPS) is 12.8. The van der Waals surface area contributed by atoms with Gasteiger partial charge in [0.15, 0.2) is 0 Å². The summed E-state index contributed by atoms with van der Waals surface area (Å²) in [7, 11) is -4.11.